The molecule has 0 saturated heterocycles. The van der Waals surface area contributed by atoms with Crippen LogP contribution in [0, 0.1) is 0 Å². The zero-order valence-corrected chi connectivity index (χ0v) is 26.2. The van der Waals surface area contributed by atoms with Crippen molar-refractivity contribution in [1.82, 2.24) is 19.9 Å². The van der Waals surface area contributed by atoms with E-state index < -0.39 is 0 Å². The third kappa shape index (κ3) is 4.12. The van der Waals surface area contributed by atoms with E-state index in [0.717, 1.165) is 21.5 Å². The van der Waals surface area contributed by atoms with E-state index in [0.29, 0.717) is 17.5 Å². The lowest BCUT2D eigenvalue weighted by atomic mass is 9.82. The van der Waals surface area contributed by atoms with Crippen molar-refractivity contribution >= 4 is 31.5 Å². The number of pyridine rings is 1. The molecule has 0 fully saturated rings. The first-order valence-electron chi connectivity index (χ1n) is 15.5. The SMILES string of the molecule is CC1(C)c2ccccc2-c2cnc(-c3nc(-c4ccccc4)nc(-c4cccc5c4sc4c(-c6ccccc6)cccc45)n3)cc21. The van der Waals surface area contributed by atoms with Crippen LogP contribution >= 0.6 is 11.3 Å². The Morgan fingerprint density at radius 2 is 1.07 bits per heavy atom. The van der Waals surface area contributed by atoms with Crippen LogP contribution in [0.5, 0.6) is 0 Å². The van der Waals surface area contributed by atoms with Crippen molar-refractivity contribution < 1.29 is 0 Å². The molecular formula is C41H28N4S. The normalized spacial score (nSPS) is 13.2. The second-order valence-corrected chi connectivity index (χ2v) is 13.3. The van der Waals surface area contributed by atoms with Crippen molar-refractivity contribution in [2.75, 3.05) is 0 Å². The summed E-state index contributed by atoms with van der Waals surface area (Å²) in [5, 5.41) is 2.44. The zero-order valence-electron chi connectivity index (χ0n) is 25.4. The second kappa shape index (κ2) is 10.3. The van der Waals surface area contributed by atoms with Gasteiger partial charge in [0, 0.05) is 48.5 Å². The van der Waals surface area contributed by atoms with Gasteiger partial charge in [0.25, 0.3) is 0 Å². The lowest BCUT2D eigenvalue weighted by molar-refractivity contribution is 0.660. The van der Waals surface area contributed by atoms with E-state index in [4.69, 9.17) is 19.9 Å². The molecule has 1 aliphatic carbocycles. The minimum absolute atomic E-state index is 0.152. The molecule has 5 aromatic carbocycles. The zero-order chi connectivity index (χ0) is 30.8. The van der Waals surface area contributed by atoms with Crippen LogP contribution < -0.4 is 0 Å². The molecule has 8 aromatic rings. The summed E-state index contributed by atoms with van der Waals surface area (Å²) in [4.78, 5) is 20.2. The van der Waals surface area contributed by atoms with Gasteiger partial charge in [0.15, 0.2) is 17.5 Å². The number of nitrogens with zero attached hydrogens (tertiary/aromatic N) is 4. The Morgan fingerprint density at radius 3 is 1.83 bits per heavy atom. The van der Waals surface area contributed by atoms with Crippen molar-refractivity contribution in [3.05, 3.63) is 145 Å². The van der Waals surface area contributed by atoms with Crippen LogP contribution in [0.3, 0.4) is 0 Å². The lowest BCUT2D eigenvalue weighted by Crippen LogP contribution is -2.15. The van der Waals surface area contributed by atoms with Gasteiger partial charge in [-0.2, -0.15) is 0 Å². The Hall–Kier alpha value is -5.52. The van der Waals surface area contributed by atoms with Gasteiger partial charge in [-0.05, 0) is 39.9 Å². The Kier molecular flexibility index (Phi) is 5.99. The van der Waals surface area contributed by atoms with E-state index in [-0.39, 0.29) is 5.41 Å². The van der Waals surface area contributed by atoms with Crippen LogP contribution in [0.15, 0.2) is 134 Å². The highest BCUT2D eigenvalue weighted by Gasteiger charge is 2.36. The molecule has 1 aliphatic rings. The maximum absolute atomic E-state index is 5.14. The average Bonchev–Trinajstić information content (AvgIpc) is 3.61. The van der Waals surface area contributed by atoms with Gasteiger partial charge in [-0.3, -0.25) is 4.98 Å². The fourth-order valence-electron chi connectivity index (χ4n) is 6.89. The van der Waals surface area contributed by atoms with Crippen LogP contribution in [0.1, 0.15) is 25.0 Å². The average molecular weight is 609 g/mol. The van der Waals surface area contributed by atoms with Crippen LogP contribution in [0.2, 0.25) is 0 Å². The number of fused-ring (bicyclic) bond motifs is 6. The number of hydrogen-bond donors (Lipinski definition) is 0. The maximum Gasteiger partial charge on any atom is 0.182 e. The van der Waals surface area contributed by atoms with Gasteiger partial charge in [0.05, 0.1) is 0 Å². The first-order chi connectivity index (χ1) is 22.6. The quantitative estimate of drug-likeness (QED) is 0.199. The van der Waals surface area contributed by atoms with Gasteiger partial charge < -0.3 is 0 Å². The maximum atomic E-state index is 5.14. The molecule has 0 N–H and O–H groups in total. The van der Waals surface area contributed by atoms with E-state index >= 15 is 0 Å². The third-order valence-electron chi connectivity index (χ3n) is 9.21. The third-order valence-corrected chi connectivity index (χ3v) is 10.5. The lowest BCUT2D eigenvalue weighted by Gasteiger charge is -2.21. The molecule has 0 bridgehead atoms. The predicted octanol–water partition coefficient (Wildman–Crippen LogP) is 10.6. The Morgan fingerprint density at radius 1 is 0.478 bits per heavy atom. The van der Waals surface area contributed by atoms with Crippen molar-refractivity contribution in [3.63, 3.8) is 0 Å². The molecule has 0 saturated carbocycles. The summed E-state index contributed by atoms with van der Waals surface area (Å²) in [7, 11) is 0. The molecule has 0 radical (unpaired) electrons. The van der Waals surface area contributed by atoms with Crippen LogP contribution in [0.4, 0.5) is 0 Å². The fourth-order valence-corrected chi connectivity index (χ4v) is 8.23. The summed E-state index contributed by atoms with van der Waals surface area (Å²) in [6, 6.07) is 44.5. The monoisotopic (exact) mass is 608 g/mol. The van der Waals surface area contributed by atoms with Gasteiger partial charge >= 0.3 is 0 Å². The topological polar surface area (TPSA) is 51.6 Å². The van der Waals surface area contributed by atoms with Crippen molar-refractivity contribution in [2.45, 2.75) is 19.3 Å². The standard InChI is InChI=1S/C41H28N4S/c1-41(2)33-22-10-9-17-28(33)32-24-42-35(23-34(32)41)40-44-38(26-15-7-4-8-16-26)43-39(45-40)31-21-12-20-30-29-19-11-18-27(36(29)46-37(30)31)25-13-5-3-6-14-25/h3-24H,1-2H3. The predicted molar refractivity (Wildman–Crippen MR) is 190 cm³/mol. The smallest absolute Gasteiger partial charge is 0.182 e. The molecule has 5 heteroatoms. The van der Waals surface area contributed by atoms with E-state index in [1.165, 1.54) is 48.9 Å². The summed E-state index contributed by atoms with van der Waals surface area (Å²) >= 11 is 1.80. The summed E-state index contributed by atoms with van der Waals surface area (Å²) in [5.41, 5.74) is 9.94. The van der Waals surface area contributed by atoms with Gasteiger partial charge in [-0.1, -0.05) is 129 Å². The van der Waals surface area contributed by atoms with Crippen molar-refractivity contribution in [3.8, 4) is 56.5 Å². The molecular weight excluding hydrogens is 581 g/mol. The Bertz CT molecular complexity index is 2450. The summed E-state index contributed by atoms with van der Waals surface area (Å²) < 4.78 is 2.42. The number of rotatable bonds is 4. The molecule has 46 heavy (non-hydrogen) atoms. The highest BCUT2D eigenvalue weighted by molar-refractivity contribution is 7.26. The molecule has 0 aliphatic heterocycles. The number of hydrogen-bond acceptors (Lipinski definition) is 5. The van der Waals surface area contributed by atoms with E-state index in [1.54, 1.807) is 11.3 Å². The molecule has 0 amide bonds. The minimum Gasteiger partial charge on any atom is -0.252 e. The number of benzene rings is 5. The summed E-state index contributed by atoms with van der Waals surface area (Å²) in [5.74, 6) is 1.85. The molecule has 3 aromatic heterocycles. The molecule has 0 unspecified atom stereocenters. The van der Waals surface area contributed by atoms with Crippen molar-refractivity contribution in [1.29, 1.82) is 0 Å². The van der Waals surface area contributed by atoms with Gasteiger partial charge in [-0.15, -0.1) is 11.3 Å². The van der Waals surface area contributed by atoms with Gasteiger partial charge in [0.2, 0.25) is 0 Å². The van der Waals surface area contributed by atoms with E-state index in [2.05, 4.69) is 111 Å². The minimum atomic E-state index is -0.152. The first kappa shape index (κ1) is 26.8. The molecule has 9 rings (SSSR count). The second-order valence-electron chi connectivity index (χ2n) is 12.3. The fraction of sp³-hybridized carbons (Fsp3) is 0.0732. The van der Waals surface area contributed by atoms with Gasteiger partial charge in [0.1, 0.15) is 5.69 Å². The number of aromatic nitrogens is 4. The summed E-state index contributed by atoms with van der Waals surface area (Å²) in [6.07, 6.45) is 1.99. The molecule has 218 valence electrons. The summed E-state index contributed by atoms with van der Waals surface area (Å²) in [6.45, 7) is 4.56. The largest absolute Gasteiger partial charge is 0.252 e. The van der Waals surface area contributed by atoms with Crippen LogP contribution in [-0.2, 0) is 5.41 Å². The van der Waals surface area contributed by atoms with Gasteiger partial charge in [-0.25, -0.2) is 15.0 Å². The highest BCUT2D eigenvalue weighted by atomic mass is 32.1. The molecule has 0 spiro atoms. The Balaban J connectivity index is 1.26. The Labute approximate surface area is 271 Å². The molecule has 4 nitrogen and oxygen atoms in total. The van der Waals surface area contributed by atoms with Crippen LogP contribution in [-0.4, -0.2) is 19.9 Å². The van der Waals surface area contributed by atoms with Crippen LogP contribution in [0.25, 0.3) is 76.7 Å². The first-order valence-corrected chi connectivity index (χ1v) is 16.3. The molecule has 0 atom stereocenters. The highest BCUT2D eigenvalue weighted by Crippen LogP contribution is 2.49. The van der Waals surface area contributed by atoms with E-state index in [1.807, 2.05) is 36.5 Å². The number of thiophene rings is 1. The van der Waals surface area contributed by atoms with Crippen molar-refractivity contribution in [2.24, 2.45) is 0 Å². The molecule has 3 heterocycles. The van der Waals surface area contributed by atoms with E-state index in [9.17, 15) is 0 Å².